The number of ether oxygens (including phenoxy) is 2. The van der Waals surface area contributed by atoms with Crippen LogP contribution in [0.15, 0.2) is 12.1 Å². The average Bonchev–Trinajstić information content (AvgIpc) is 2.80. The van der Waals surface area contributed by atoms with E-state index in [2.05, 4.69) is 10.6 Å². The molecular weight excluding hydrogens is 292 g/mol. The number of fused-ring (bicyclic) bond motifs is 1. The van der Waals surface area contributed by atoms with E-state index >= 15 is 0 Å². The molecule has 1 amide bonds. The molecule has 0 aromatic heterocycles. The van der Waals surface area contributed by atoms with Crippen molar-refractivity contribution in [3.63, 3.8) is 0 Å². The van der Waals surface area contributed by atoms with Gasteiger partial charge in [-0.05, 0) is 32.4 Å². The number of hydrogen-bond acceptors (Lipinski definition) is 4. The highest BCUT2D eigenvalue weighted by Crippen LogP contribution is 2.38. The van der Waals surface area contributed by atoms with Crippen LogP contribution in [0, 0.1) is 0 Å². The molecule has 2 aliphatic heterocycles. The van der Waals surface area contributed by atoms with E-state index < -0.39 is 0 Å². The molecular formula is C15H19ClN2O3. The Bertz CT molecular complexity index is 544. The number of nitrogens with one attached hydrogen (secondary N) is 2. The summed E-state index contributed by atoms with van der Waals surface area (Å²) in [5.41, 5.74) is 1.61. The maximum atomic E-state index is 11.8. The quantitative estimate of drug-likeness (QED) is 0.897. The summed E-state index contributed by atoms with van der Waals surface area (Å²) in [6, 6.07) is 3.22. The highest BCUT2D eigenvalue weighted by Gasteiger charge is 2.30. The van der Waals surface area contributed by atoms with Gasteiger partial charge in [0.2, 0.25) is 5.91 Å². The van der Waals surface area contributed by atoms with E-state index in [0.29, 0.717) is 17.4 Å². The zero-order chi connectivity index (χ0) is 14.8. The fourth-order valence-corrected chi connectivity index (χ4v) is 3.01. The first kappa shape index (κ1) is 14.6. The van der Waals surface area contributed by atoms with Gasteiger partial charge in [0.15, 0.2) is 0 Å². The zero-order valence-corrected chi connectivity index (χ0v) is 12.7. The van der Waals surface area contributed by atoms with E-state index in [0.717, 1.165) is 30.7 Å². The highest BCUT2D eigenvalue weighted by molar-refractivity contribution is 6.32. The zero-order valence-electron chi connectivity index (χ0n) is 11.9. The molecule has 2 atom stereocenters. The minimum Gasteiger partial charge on any atom is -0.489 e. The minimum atomic E-state index is -0.353. The highest BCUT2D eigenvalue weighted by atomic mass is 35.5. The molecule has 2 unspecified atom stereocenters. The number of amides is 1. The van der Waals surface area contributed by atoms with Crippen molar-refractivity contribution < 1.29 is 14.3 Å². The first-order valence-corrected chi connectivity index (χ1v) is 7.63. The van der Waals surface area contributed by atoms with Crippen molar-refractivity contribution in [1.29, 1.82) is 0 Å². The fourth-order valence-electron chi connectivity index (χ4n) is 2.78. The summed E-state index contributed by atoms with van der Waals surface area (Å²) in [5, 5.41) is 6.32. The van der Waals surface area contributed by atoms with Gasteiger partial charge in [0.25, 0.3) is 0 Å². The maximum absolute atomic E-state index is 11.8. The van der Waals surface area contributed by atoms with Gasteiger partial charge in [0.05, 0.1) is 11.1 Å². The van der Waals surface area contributed by atoms with Crippen LogP contribution in [0.25, 0.3) is 0 Å². The van der Waals surface area contributed by atoms with Crippen molar-refractivity contribution in [2.75, 3.05) is 25.6 Å². The SMILES string of the molecule is CNC1C(=O)Nc2cc(OCC3CCCCO3)c(Cl)cc21. The van der Waals surface area contributed by atoms with Crippen LogP contribution in [0.4, 0.5) is 5.69 Å². The Labute approximate surface area is 128 Å². The molecule has 21 heavy (non-hydrogen) atoms. The molecule has 6 heteroatoms. The summed E-state index contributed by atoms with van der Waals surface area (Å²) in [4.78, 5) is 11.8. The molecule has 3 rings (SSSR count). The van der Waals surface area contributed by atoms with Crippen LogP contribution in [0.3, 0.4) is 0 Å². The number of carbonyl (C=O) groups is 1. The van der Waals surface area contributed by atoms with Gasteiger partial charge >= 0.3 is 0 Å². The molecule has 0 saturated carbocycles. The minimum absolute atomic E-state index is 0.0728. The van der Waals surface area contributed by atoms with Gasteiger partial charge < -0.3 is 20.1 Å². The molecule has 1 aromatic carbocycles. The monoisotopic (exact) mass is 310 g/mol. The van der Waals surface area contributed by atoms with Crippen molar-refractivity contribution in [1.82, 2.24) is 5.32 Å². The molecule has 2 heterocycles. The number of hydrogen-bond donors (Lipinski definition) is 2. The van der Waals surface area contributed by atoms with Crippen molar-refractivity contribution in [3.8, 4) is 5.75 Å². The van der Waals surface area contributed by atoms with E-state index in [1.807, 2.05) is 0 Å². The first-order chi connectivity index (χ1) is 10.2. The summed E-state index contributed by atoms with van der Waals surface area (Å²) in [6.45, 7) is 1.29. The number of rotatable bonds is 4. The Hall–Kier alpha value is -1.30. The summed E-state index contributed by atoms with van der Waals surface area (Å²) in [6.07, 6.45) is 3.43. The van der Waals surface area contributed by atoms with Gasteiger partial charge in [0.1, 0.15) is 18.4 Å². The Morgan fingerprint density at radius 2 is 2.33 bits per heavy atom. The average molecular weight is 311 g/mol. The summed E-state index contributed by atoms with van der Waals surface area (Å²) in [5.74, 6) is 0.512. The summed E-state index contributed by atoms with van der Waals surface area (Å²) >= 11 is 6.26. The van der Waals surface area contributed by atoms with Crippen molar-refractivity contribution in [3.05, 3.63) is 22.7 Å². The lowest BCUT2D eigenvalue weighted by Crippen LogP contribution is -2.25. The summed E-state index contributed by atoms with van der Waals surface area (Å²) < 4.78 is 11.4. The van der Waals surface area contributed by atoms with E-state index in [9.17, 15) is 4.79 Å². The van der Waals surface area contributed by atoms with Crippen LogP contribution < -0.4 is 15.4 Å². The number of carbonyl (C=O) groups excluding carboxylic acids is 1. The second-order valence-corrected chi connectivity index (χ2v) is 5.79. The van der Waals surface area contributed by atoms with E-state index in [4.69, 9.17) is 21.1 Å². The Balaban J connectivity index is 1.72. The molecule has 0 radical (unpaired) electrons. The number of likely N-dealkylation sites (N-methyl/N-ethyl adjacent to an activating group) is 1. The standard InChI is InChI=1S/C15H19ClN2O3/c1-17-14-10-6-11(16)13(7-12(10)18-15(14)19)21-8-9-4-2-3-5-20-9/h6-7,9,14,17H,2-5,8H2,1H3,(H,18,19). The van der Waals surface area contributed by atoms with E-state index in [1.165, 1.54) is 6.42 Å². The molecule has 1 fully saturated rings. The van der Waals surface area contributed by atoms with Crippen LogP contribution in [-0.4, -0.2) is 32.3 Å². The van der Waals surface area contributed by atoms with Gasteiger partial charge in [-0.1, -0.05) is 11.6 Å². The van der Waals surface area contributed by atoms with E-state index in [1.54, 1.807) is 19.2 Å². The smallest absolute Gasteiger partial charge is 0.246 e. The van der Waals surface area contributed by atoms with Gasteiger partial charge in [-0.3, -0.25) is 4.79 Å². The Morgan fingerprint density at radius 3 is 3.05 bits per heavy atom. The molecule has 1 saturated heterocycles. The first-order valence-electron chi connectivity index (χ1n) is 7.25. The molecule has 2 aliphatic rings. The van der Waals surface area contributed by atoms with Crippen LogP contribution in [0.5, 0.6) is 5.75 Å². The van der Waals surface area contributed by atoms with Gasteiger partial charge in [-0.2, -0.15) is 0 Å². The lowest BCUT2D eigenvalue weighted by Gasteiger charge is -2.23. The molecule has 0 aliphatic carbocycles. The van der Waals surface area contributed by atoms with Crippen LogP contribution in [0.1, 0.15) is 30.9 Å². The molecule has 0 bridgehead atoms. The Morgan fingerprint density at radius 1 is 1.48 bits per heavy atom. The largest absolute Gasteiger partial charge is 0.489 e. The predicted molar refractivity (Wildman–Crippen MR) is 81.0 cm³/mol. The predicted octanol–water partition coefficient (Wildman–Crippen LogP) is 2.50. The molecule has 114 valence electrons. The molecule has 5 nitrogen and oxygen atoms in total. The lowest BCUT2D eigenvalue weighted by molar-refractivity contribution is -0.117. The Kier molecular flexibility index (Phi) is 4.33. The van der Waals surface area contributed by atoms with Gasteiger partial charge in [-0.15, -0.1) is 0 Å². The fraction of sp³-hybridized carbons (Fsp3) is 0.533. The third kappa shape index (κ3) is 3.00. The third-order valence-electron chi connectivity index (χ3n) is 3.92. The molecule has 1 aromatic rings. The van der Waals surface area contributed by atoms with Crippen molar-refractivity contribution >= 4 is 23.2 Å². The summed E-state index contributed by atoms with van der Waals surface area (Å²) in [7, 11) is 1.75. The van der Waals surface area contributed by atoms with Crippen LogP contribution in [0.2, 0.25) is 5.02 Å². The normalized spacial score (nSPS) is 24.6. The number of halogens is 1. The van der Waals surface area contributed by atoms with Crippen LogP contribution in [-0.2, 0) is 9.53 Å². The number of anilines is 1. The van der Waals surface area contributed by atoms with E-state index in [-0.39, 0.29) is 18.1 Å². The third-order valence-corrected chi connectivity index (χ3v) is 4.22. The molecule has 0 spiro atoms. The second-order valence-electron chi connectivity index (χ2n) is 5.38. The maximum Gasteiger partial charge on any atom is 0.246 e. The van der Waals surface area contributed by atoms with Crippen molar-refractivity contribution in [2.45, 2.75) is 31.4 Å². The molecule has 2 N–H and O–H groups in total. The van der Waals surface area contributed by atoms with Gasteiger partial charge in [-0.25, -0.2) is 0 Å². The van der Waals surface area contributed by atoms with Crippen molar-refractivity contribution in [2.24, 2.45) is 0 Å². The number of benzene rings is 1. The topological polar surface area (TPSA) is 59.6 Å². The van der Waals surface area contributed by atoms with Crippen LogP contribution >= 0.6 is 11.6 Å². The lowest BCUT2D eigenvalue weighted by atomic mass is 10.1. The van der Waals surface area contributed by atoms with Gasteiger partial charge in [0, 0.05) is 23.9 Å². The second kappa shape index (κ2) is 6.22.